The van der Waals surface area contributed by atoms with Crippen LogP contribution < -0.4 is 31.1 Å². The first-order chi connectivity index (χ1) is 26.2. The highest BCUT2D eigenvalue weighted by Crippen LogP contribution is 2.47. The second kappa shape index (κ2) is 14.8. The Labute approximate surface area is 320 Å². The summed E-state index contributed by atoms with van der Waals surface area (Å²) in [6.45, 7) is 5.58. The maximum absolute atomic E-state index is 14.7. The number of nitrogens with zero attached hydrogens (tertiary/aromatic N) is 3. The number of aromatic nitrogens is 2. The second-order valence-electron chi connectivity index (χ2n) is 15.8. The van der Waals surface area contributed by atoms with Gasteiger partial charge in [-0.3, -0.25) is 23.7 Å². The number of carbonyl (C=O) groups is 4. The third-order valence-corrected chi connectivity index (χ3v) is 13.5. The summed E-state index contributed by atoms with van der Waals surface area (Å²) in [5.41, 5.74) is 6.28. The highest BCUT2D eigenvalue weighted by Gasteiger charge is 2.63. The van der Waals surface area contributed by atoms with Crippen LogP contribution in [-0.4, -0.2) is 81.6 Å². The first kappa shape index (κ1) is 38.2. The molecule has 7 rings (SSSR count). The summed E-state index contributed by atoms with van der Waals surface area (Å²) in [4.78, 5) is 61.1. The van der Waals surface area contributed by atoms with E-state index in [9.17, 15) is 27.6 Å². The highest BCUT2D eigenvalue weighted by atomic mass is 32.2. The number of urea groups is 1. The number of nitrogens with two attached hydrogens (primary N) is 1. The maximum Gasteiger partial charge on any atom is 0.316 e. The molecule has 55 heavy (non-hydrogen) atoms. The van der Waals surface area contributed by atoms with E-state index in [1.165, 1.54) is 4.90 Å². The number of allylic oxidation sites excluding steroid dienone is 1. The summed E-state index contributed by atoms with van der Waals surface area (Å²) < 4.78 is 36.1. The number of rotatable bonds is 9. The number of hydrogen-bond acceptors (Lipinski definition) is 9. The molecule has 16 heteroatoms. The minimum atomic E-state index is -3.98. The molecular weight excluding hydrogens is 725 g/mol. The molecule has 2 aliphatic heterocycles. The van der Waals surface area contributed by atoms with Crippen LogP contribution in [0.25, 0.3) is 11.0 Å². The predicted molar refractivity (Wildman–Crippen MR) is 208 cm³/mol. The molecule has 0 unspecified atom stereocenters. The van der Waals surface area contributed by atoms with Crippen LogP contribution in [0.1, 0.15) is 84.6 Å². The number of amides is 5. The minimum Gasteiger partial charge on any atom is -0.459 e. The van der Waals surface area contributed by atoms with Crippen molar-refractivity contribution in [3.05, 3.63) is 60.7 Å². The molecule has 15 nitrogen and oxygen atoms in total. The number of sulfonamides is 1. The number of ether oxygens (including phenoxy) is 1. The van der Waals surface area contributed by atoms with Crippen molar-refractivity contribution < 1.29 is 32.3 Å². The number of nitrogens with one attached hydrogen (secondary N) is 4. The van der Waals surface area contributed by atoms with E-state index >= 15 is 0 Å². The van der Waals surface area contributed by atoms with Crippen molar-refractivity contribution in [2.75, 3.05) is 17.2 Å². The number of hydrogen-bond donors (Lipinski definition) is 5. The van der Waals surface area contributed by atoms with Gasteiger partial charge in [-0.1, -0.05) is 49.3 Å². The Bertz CT molecular complexity index is 2120. The third kappa shape index (κ3) is 7.73. The van der Waals surface area contributed by atoms with Gasteiger partial charge in [-0.25, -0.2) is 13.2 Å². The molecule has 5 amide bonds. The minimum absolute atomic E-state index is 0.0485. The Hall–Kier alpha value is -5.12. The number of para-hydroxylation sites is 2. The fraction of sp³-hybridized carbons (Fsp3) is 0.513. The molecule has 3 fully saturated rings. The van der Waals surface area contributed by atoms with Crippen molar-refractivity contribution in [3.63, 3.8) is 0 Å². The van der Waals surface area contributed by atoms with Crippen LogP contribution in [-0.2, 0) is 24.4 Å². The van der Waals surface area contributed by atoms with Crippen molar-refractivity contribution >= 4 is 56.2 Å². The summed E-state index contributed by atoms with van der Waals surface area (Å²) in [6, 6.07) is 12.4. The molecule has 4 aliphatic rings. The lowest BCUT2D eigenvalue weighted by Crippen LogP contribution is -2.58. The van der Waals surface area contributed by atoms with Gasteiger partial charge in [0.25, 0.3) is 11.9 Å². The zero-order valence-electron chi connectivity index (χ0n) is 31.4. The topological polar surface area (TPSA) is 207 Å². The molecule has 0 spiro atoms. The van der Waals surface area contributed by atoms with Crippen molar-refractivity contribution in [2.45, 2.75) is 113 Å². The van der Waals surface area contributed by atoms with E-state index in [1.807, 2.05) is 67.0 Å². The first-order valence-electron chi connectivity index (χ1n) is 19.1. The van der Waals surface area contributed by atoms with E-state index in [0.717, 1.165) is 31.4 Å². The fourth-order valence-electron chi connectivity index (χ4n) is 7.74. The van der Waals surface area contributed by atoms with Gasteiger partial charge in [0.1, 0.15) is 29.2 Å². The Kier molecular flexibility index (Phi) is 10.3. The van der Waals surface area contributed by atoms with Crippen molar-refractivity contribution in [2.24, 2.45) is 11.7 Å². The molecule has 0 radical (unpaired) electrons. The zero-order valence-corrected chi connectivity index (χ0v) is 32.2. The summed E-state index contributed by atoms with van der Waals surface area (Å²) in [7, 11) is -3.98. The van der Waals surface area contributed by atoms with Gasteiger partial charge in [-0.15, -0.1) is 0 Å². The molecule has 1 saturated heterocycles. The van der Waals surface area contributed by atoms with E-state index in [1.54, 1.807) is 19.1 Å². The molecule has 1 aromatic heterocycles. The Morgan fingerprint density at radius 3 is 2.53 bits per heavy atom. The molecular formula is C39H50N8O7S. The summed E-state index contributed by atoms with van der Waals surface area (Å²) >= 11 is 0. The van der Waals surface area contributed by atoms with Gasteiger partial charge < -0.3 is 31.3 Å². The van der Waals surface area contributed by atoms with Gasteiger partial charge in [0.05, 0.1) is 22.5 Å². The Morgan fingerprint density at radius 1 is 1.05 bits per heavy atom. The lowest BCUT2D eigenvalue weighted by atomic mass is 10.0. The van der Waals surface area contributed by atoms with Crippen molar-refractivity contribution in [1.29, 1.82) is 0 Å². The summed E-state index contributed by atoms with van der Waals surface area (Å²) in [6.07, 6.45) is 8.17. The normalized spacial score (nSPS) is 27.2. The average molecular weight is 775 g/mol. The quantitative estimate of drug-likeness (QED) is 0.196. The monoisotopic (exact) mass is 774 g/mol. The molecule has 2 aromatic carbocycles. The fourth-order valence-corrected chi connectivity index (χ4v) is 9.05. The number of carbonyl (C=O) groups excluding carboxylic acids is 4. The van der Waals surface area contributed by atoms with Gasteiger partial charge in [0, 0.05) is 24.1 Å². The zero-order chi connectivity index (χ0) is 39.1. The molecule has 2 saturated carbocycles. The van der Waals surface area contributed by atoms with Crippen LogP contribution in [0, 0.1) is 5.92 Å². The number of primary amides is 1. The van der Waals surface area contributed by atoms with Gasteiger partial charge in [-0.05, 0) is 83.6 Å². The number of fused-ring (bicyclic) bond motifs is 3. The summed E-state index contributed by atoms with van der Waals surface area (Å²) in [5, 5.41) is 8.95. The van der Waals surface area contributed by atoms with Crippen LogP contribution in [0.15, 0.2) is 60.7 Å². The Morgan fingerprint density at radius 2 is 1.82 bits per heavy atom. The van der Waals surface area contributed by atoms with Gasteiger partial charge in [0.15, 0.2) is 0 Å². The summed E-state index contributed by atoms with van der Waals surface area (Å²) in [5.74, 6) is -2.04. The average Bonchev–Trinajstić information content (AvgIpc) is 3.95. The smallest absolute Gasteiger partial charge is 0.316 e. The van der Waals surface area contributed by atoms with E-state index in [-0.39, 0.29) is 37.3 Å². The SMILES string of the molecule is CC(C)n1c(O[C@@H]2C[C@H]3C(=O)N[C@]4(C(=O)NS(=O)(=O)C5(C)CC5)C[C@H]4/C=C\CCCCC[C@H](Nc4ccccc4)C(=O)N3C2)nc2c(NC(N)=O)cccc21. The molecule has 3 aromatic rings. The molecule has 6 N–H and O–H groups in total. The molecule has 3 heterocycles. The van der Waals surface area contributed by atoms with E-state index in [2.05, 4.69) is 20.7 Å². The van der Waals surface area contributed by atoms with Crippen LogP contribution in [0.4, 0.5) is 16.2 Å². The van der Waals surface area contributed by atoms with Gasteiger partial charge in [-0.2, -0.15) is 4.98 Å². The highest BCUT2D eigenvalue weighted by molar-refractivity contribution is 7.91. The first-order valence-corrected chi connectivity index (χ1v) is 20.6. The van der Waals surface area contributed by atoms with Gasteiger partial charge in [0.2, 0.25) is 21.8 Å². The third-order valence-electron chi connectivity index (χ3n) is 11.3. The van der Waals surface area contributed by atoms with Crippen molar-refractivity contribution in [3.8, 4) is 6.01 Å². The molecule has 0 bridgehead atoms. The predicted octanol–water partition coefficient (Wildman–Crippen LogP) is 4.33. The van der Waals surface area contributed by atoms with Crippen LogP contribution in [0.5, 0.6) is 6.01 Å². The molecule has 5 atom stereocenters. The van der Waals surface area contributed by atoms with Gasteiger partial charge >= 0.3 is 6.03 Å². The molecule has 2 aliphatic carbocycles. The van der Waals surface area contributed by atoms with Crippen LogP contribution in [0.3, 0.4) is 0 Å². The van der Waals surface area contributed by atoms with E-state index < -0.39 is 62.3 Å². The number of benzene rings is 2. The number of imidazole rings is 1. The lowest BCUT2D eigenvalue weighted by Gasteiger charge is -2.30. The molecule has 294 valence electrons. The van der Waals surface area contributed by atoms with E-state index in [0.29, 0.717) is 36.0 Å². The second-order valence-corrected chi connectivity index (χ2v) is 18.0. The standard InChI is InChI=1S/C39H50N8O7S/c1-24(2)47-30-18-12-17-28(42-36(40)51)32(30)43-37(47)54-27-21-31-33(48)44-39(35(50)45-55(52,53)38(3)19-20-38)22-25(39)13-8-5-4-6-11-16-29(34(49)46(31)23-27)41-26-14-9-7-10-15-26/h7-10,12-15,17-18,24-25,27,29,31,41H,4-6,11,16,19-23H2,1-3H3,(H,44,48)(H,45,50)(H3,40,42,51)/b13-8-/t25-,27-,29+,31+,39-/m1/s1. The van der Waals surface area contributed by atoms with Crippen LogP contribution >= 0.6 is 0 Å². The van der Waals surface area contributed by atoms with E-state index in [4.69, 9.17) is 15.5 Å². The largest absolute Gasteiger partial charge is 0.459 e. The maximum atomic E-state index is 14.7. The number of anilines is 2. The van der Waals surface area contributed by atoms with Crippen LogP contribution in [0.2, 0.25) is 0 Å². The van der Waals surface area contributed by atoms with Crippen molar-refractivity contribution in [1.82, 2.24) is 24.5 Å². The Balaban J connectivity index is 1.22. The lowest BCUT2D eigenvalue weighted by molar-refractivity contribution is -0.140.